The lowest BCUT2D eigenvalue weighted by Gasteiger charge is -2.14. The molecule has 0 fully saturated rings. The van der Waals surface area contributed by atoms with Gasteiger partial charge in [-0.05, 0) is 92.7 Å². The molecule has 0 saturated carbocycles. The average Bonchev–Trinajstić information content (AvgIpc) is 3.88. The van der Waals surface area contributed by atoms with E-state index in [-0.39, 0.29) is 0 Å². The van der Waals surface area contributed by atoms with Gasteiger partial charge in [-0.3, -0.25) is 0 Å². The van der Waals surface area contributed by atoms with Crippen LogP contribution in [0.3, 0.4) is 0 Å². The molecule has 12 rings (SSSR count). The largest absolute Gasteiger partial charge is 0.456 e. The first-order valence-corrected chi connectivity index (χ1v) is 20.9. The van der Waals surface area contributed by atoms with Gasteiger partial charge in [0.1, 0.15) is 11.2 Å². The first-order chi connectivity index (χ1) is 29.7. The van der Waals surface area contributed by atoms with Crippen LogP contribution in [-0.2, 0) is 0 Å². The van der Waals surface area contributed by atoms with Crippen molar-refractivity contribution in [3.8, 4) is 67.5 Å². The minimum absolute atomic E-state index is 0.581. The molecule has 0 unspecified atom stereocenters. The van der Waals surface area contributed by atoms with Crippen LogP contribution in [0.5, 0.6) is 0 Å². The molecular formula is C55H33N3OS. The molecule has 3 aromatic heterocycles. The summed E-state index contributed by atoms with van der Waals surface area (Å²) in [6.45, 7) is 0. The predicted molar refractivity (Wildman–Crippen MR) is 250 cm³/mol. The first-order valence-electron chi connectivity index (χ1n) is 20.1. The fourth-order valence-electron chi connectivity index (χ4n) is 8.59. The summed E-state index contributed by atoms with van der Waals surface area (Å²) in [5, 5.41) is 6.68. The molecule has 5 heteroatoms. The van der Waals surface area contributed by atoms with E-state index in [9.17, 15) is 0 Å². The third-order valence-corrected chi connectivity index (χ3v) is 12.7. The monoisotopic (exact) mass is 783 g/mol. The Morgan fingerprint density at radius 2 is 0.883 bits per heavy atom. The average molecular weight is 784 g/mol. The van der Waals surface area contributed by atoms with Gasteiger partial charge in [-0.25, -0.2) is 15.0 Å². The molecule has 0 spiro atoms. The third-order valence-electron chi connectivity index (χ3n) is 11.5. The molecule has 0 aliphatic heterocycles. The number of benzene rings is 9. The van der Waals surface area contributed by atoms with Crippen molar-refractivity contribution in [1.29, 1.82) is 0 Å². The normalized spacial score (nSPS) is 11.7. The molecular weight excluding hydrogens is 751 g/mol. The lowest BCUT2D eigenvalue weighted by molar-refractivity contribution is 0.669. The summed E-state index contributed by atoms with van der Waals surface area (Å²) in [6, 6.07) is 70.4. The van der Waals surface area contributed by atoms with Crippen LogP contribution in [0.25, 0.3) is 120 Å². The number of furan rings is 1. The van der Waals surface area contributed by atoms with Crippen LogP contribution in [0.1, 0.15) is 0 Å². The van der Waals surface area contributed by atoms with Gasteiger partial charge in [0.05, 0.1) is 0 Å². The Kier molecular flexibility index (Phi) is 8.00. The number of hydrogen-bond acceptors (Lipinski definition) is 5. The van der Waals surface area contributed by atoms with Crippen molar-refractivity contribution in [2.45, 2.75) is 0 Å². The molecule has 4 nitrogen and oxygen atoms in total. The molecule has 0 aliphatic rings. The molecule has 0 N–H and O–H groups in total. The number of thiophene rings is 1. The van der Waals surface area contributed by atoms with Crippen LogP contribution >= 0.6 is 11.3 Å². The smallest absolute Gasteiger partial charge is 0.164 e. The maximum Gasteiger partial charge on any atom is 0.164 e. The molecule has 0 radical (unpaired) electrons. The SMILES string of the molecule is c1ccc(-c2ccc(-c3nc(-c4ccc5sc6ccccc6c5c4)nc(-c4cc(-c5ccccc5-c5ccccc5)cc5oc6cc7ccccc7cc6c45)n3)cc2)cc1. The quantitative estimate of drug-likeness (QED) is 0.169. The molecule has 60 heavy (non-hydrogen) atoms. The van der Waals surface area contributed by atoms with Crippen molar-refractivity contribution in [2.24, 2.45) is 0 Å². The number of hydrogen-bond donors (Lipinski definition) is 0. The van der Waals surface area contributed by atoms with E-state index in [0.29, 0.717) is 17.5 Å². The molecule has 0 aliphatic carbocycles. The van der Waals surface area contributed by atoms with Gasteiger partial charge in [-0.1, -0.05) is 152 Å². The van der Waals surface area contributed by atoms with Gasteiger partial charge < -0.3 is 4.42 Å². The van der Waals surface area contributed by atoms with Gasteiger partial charge in [0.25, 0.3) is 0 Å². The topological polar surface area (TPSA) is 51.8 Å². The number of rotatable bonds is 6. The third kappa shape index (κ3) is 5.86. The van der Waals surface area contributed by atoms with Crippen LogP contribution in [0.2, 0.25) is 0 Å². The zero-order valence-corrected chi connectivity index (χ0v) is 33.0. The molecule has 0 atom stereocenters. The van der Waals surface area contributed by atoms with Crippen molar-refractivity contribution in [2.75, 3.05) is 0 Å². The van der Waals surface area contributed by atoms with Crippen molar-refractivity contribution in [1.82, 2.24) is 15.0 Å². The van der Waals surface area contributed by atoms with Gasteiger partial charge in [-0.15, -0.1) is 11.3 Å². The molecule has 0 amide bonds. The van der Waals surface area contributed by atoms with Crippen molar-refractivity contribution >= 4 is 64.2 Å². The Balaban J connectivity index is 1.13. The highest BCUT2D eigenvalue weighted by Gasteiger charge is 2.22. The predicted octanol–water partition coefficient (Wildman–Crippen LogP) is 15.3. The fraction of sp³-hybridized carbons (Fsp3) is 0. The first kappa shape index (κ1) is 34.3. The molecule has 3 heterocycles. The second-order valence-electron chi connectivity index (χ2n) is 15.2. The van der Waals surface area contributed by atoms with Crippen LogP contribution < -0.4 is 0 Å². The zero-order chi connectivity index (χ0) is 39.6. The van der Waals surface area contributed by atoms with Crippen molar-refractivity contribution in [3.63, 3.8) is 0 Å². The molecule has 0 saturated heterocycles. The lowest BCUT2D eigenvalue weighted by atomic mass is 9.92. The molecule has 9 aromatic carbocycles. The Hall–Kier alpha value is -7.73. The fourth-order valence-corrected chi connectivity index (χ4v) is 9.68. The summed E-state index contributed by atoms with van der Waals surface area (Å²) in [4.78, 5) is 16.0. The van der Waals surface area contributed by atoms with Gasteiger partial charge in [0.15, 0.2) is 17.5 Å². The summed E-state index contributed by atoms with van der Waals surface area (Å²) in [7, 11) is 0. The maximum atomic E-state index is 6.83. The summed E-state index contributed by atoms with van der Waals surface area (Å²) in [5.74, 6) is 1.80. The highest BCUT2D eigenvalue weighted by atomic mass is 32.1. The Morgan fingerprint density at radius 3 is 1.67 bits per heavy atom. The van der Waals surface area contributed by atoms with E-state index in [4.69, 9.17) is 19.4 Å². The van der Waals surface area contributed by atoms with E-state index in [1.54, 1.807) is 11.3 Å². The van der Waals surface area contributed by atoms with Gasteiger partial charge >= 0.3 is 0 Å². The van der Waals surface area contributed by atoms with E-state index >= 15 is 0 Å². The number of nitrogens with zero attached hydrogens (tertiary/aromatic N) is 3. The highest BCUT2D eigenvalue weighted by Crippen LogP contribution is 2.43. The zero-order valence-electron chi connectivity index (χ0n) is 32.2. The van der Waals surface area contributed by atoms with E-state index in [0.717, 1.165) is 82.8 Å². The summed E-state index contributed by atoms with van der Waals surface area (Å²) < 4.78 is 9.32. The van der Waals surface area contributed by atoms with Gasteiger partial charge in [0, 0.05) is 47.6 Å². The van der Waals surface area contributed by atoms with Crippen molar-refractivity contribution < 1.29 is 4.42 Å². The van der Waals surface area contributed by atoms with Crippen molar-refractivity contribution in [3.05, 3.63) is 200 Å². The standard InChI is InChI=1S/C55H33N3OS/c1-3-13-34(14-4-1)35-23-25-37(26-24-35)53-56-54(40-27-28-51-45(30-40)44-21-11-12-22-50(44)60-51)58-55(57-53)47-31-41(43-20-10-9-19-42(43)36-15-5-2-6-16-36)33-49-52(47)46-29-38-17-7-8-18-39(38)32-48(46)59-49/h1-33H. The lowest BCUT2D eigenvalue weighted by Crippen LogP contribution is -2.01. The summed E-state index contributed by atoms with van der Waals surface area (Å²) >= 11 is 1.80. The summed E-state index contributed by atoms with van der Waals surface area (Å²) in [5.41, 5.74) is 11.0. The Bertz CT molecular complexity index is 3590. The van der Waals surface area contributed by atoms with E-state index in [1.807, 2.05) is 6.07 Å². The minimum atomic E-state index is 0.581. The summed E-state index contributed by atoms with van der Waals surface area (Å²) in [6.07, 6.45) is 0. The second kappa shape index (κ2) is 14.0. The molecule has 280 valence electrons. The minimum Gasteiger partial charge on any atom is -0.456 e. The Labute approximate surface area is 349 Å². The van der Waals surface area contributed by atoms with E-state index in [2.05, 4.69) is 194 Å². The van der Waals surface area contributed by atoms with E-state index < -0.39 is 0 Å². The van der Waals surface area contributed by atoms with Crippen LogP contribution in [-0.4, -0.2) is 15.0 Å². The maximum absolute atomic E-state index is 6.83. The van der Waals surface area contributed by atoms with E-state index in [1.165, 1.54) is 20.2 Å². The Morgan fingerprint density at radius 1 is 0.317 bits per heavy atom. The molecule has 12 aromatic rings. The van der Waals surface area contributed by atoms with Crippen LogP contribution in [0.4, 0.5) is 0 Å². The second-order valence-corrected chi connectivity index (χ2v) is 16.2. The van der Waals surface area contributed by atoms with Gasteiger partial charge in [-0.2, -0.15) is 0 Å². The number of fused-ring (bicyclic) bond motifs is 7. The van der Waals surface area contributed by atoms with Crippen LogP contribution in [0.15, 0.2) is 205 Å². The van der Waals surface area contributed by atoms with Gasteiger partial charge in [0.2, 0.25) is 0 Å². The number of aromatic nitrogens is 3. The molecule has 0 bridgehead atoms. The highest BCUT2D eigenvalue weighted by molar-refractivity contribution is 7.25. The van der Waals surface area contributed by atoms with Crippen LogP contribution in [0, 0.1) is 0 Å².